The average molecular weight is 800 g/mol. The van der Waals surface area contributed by atoms with Crippen LogP contribution in [0.5, 0.6) is 0 Å². The molecular formula is C52H97NO4. The Kier molecular flexibility index (Phi) is 45.6. The lowest BCUT2D eigenvalue weighted by molar-refractivity contribution is -0.131. The molecule has 0 heterocycles. The van der Waals surface area contributed by atoms with Crippen LogP contribution in [-0.4, -0.2) is 46.1 Å². The van der Waals surface area contributed by atoms with Gasteiger partial charge in [0.05, 0.1) is 18.8 Å². The third-order valence-electron chi connectivity index (χ3n) is 11.4. The third-order valence-corrected chi connectivity index (χ3v) is 11.4. The van der Waals surface area contributed by atoms with E-state index in [2.05, 4.69) is 55.6 Å². The highest BCUT2D eigenvalue weighted by Gasteiger charge is 2.22. The van der Waals surface area contributed by atoms with Gasteiger partial charge in [0.15, 0.2) is 0 Å². The number of carbonyl (C=O) groups excluding carboxylic acids is 1. The van der Waals surface area contributed by atoms with Crippen molar-refractivity contribution in [3.05, 3.63) is 48.6 Å². The van der Waals surface area contributed by atoms with Gasteiger partial charge in [-0.05, 0) is 64.2 Å². The van der Waals surface area contributed by atoms with Crippen LogP contribution in [-0.2, 0) is 4.79 Å². The molecule has 0 aromatic heterocycles. The molecule has 0 spiro atoms. The molecule has 0 aliphatic heterocycles. The van der Waals surface area contributed by atoms with Gasteiger partial charge in [-0.15, -0.1) is 0 Å². The molecule has 5 heteroatoms. The fourth-order valence-corrected chi connectivity index (χ4v) is 7.47. The van der Waals surface area contributed by atoms with Gasteiger partial charge in [-0.1, -0.05) is 236 Å². The van der Waals surface area contributed by atoms with Crippen molar-refractivity contribution in [2.45, 2.75) is 270 Å². The summed E-state index contributed by atoms with van der Waals surface area (Å²) >= 11 is 0. The van der Waals surface area contributed by atoms with Crippen molar-refractivity contribution in [2.24, 2.45) is 0 Å². The second-order valence-corrected chi connectivity index (χ2v) is 17.0. The molecule has 0 radical (unpaired) electrons. The number of hydrogen-bond donors (Lipinski definition) is 4. The molecule has 0 rings (SSSR count). The highest BCUT2D eigenvalue weighted by atomic mass is 16.3. The Balaban J connectivity index is 3.59. The first-order valence-electron chi connectivity index (χ1n) is 25.0. The van der Waals surface area contributed by atoms with Gasteiger partial charge in [-0.3, -0.25) is 4.79 Å². The zero-order valence-electron chi connectivity index (χ0n) is 38.0. The topological polar surface area (TPSA) is 89.8 Å². The van der Waals surface area contributed by atoms with Gasteiger partial charge in [0.25, 0.3) is 0 Å². The molecule has 4 N–H and O–H groups in total. The number of carbonyl (C=O) groups is 1. The van der Waals surface area contributed by atoms with Crippen molar-refractivity contribution in [3.63, 3.8) is 0 Å². The zero-order chi connectivity index (χ0) is 41.5. The lowest BCUT2D eigenvalue weighted by Gasteiger charge is -2.21. The van der Waals surface area contributed by atoms with Crippen LogP contribution in [0.25, 0.3) is 0 Å². The number of allylic oxidation sites excluding steroid dienone is 7. The van der Waals surface area contributed by atoms with E-state index in [1.165, 1.54) is 186 Å². The first-order valence-corrected chi connectivity index (χ1v) is 25.0. The largest absolute Gasteiger partial charge is 0.394 e. The van der Waals surface area contributed by atoms with Crippen molar-refractivity contribution in [3.8, 4) is 0 Å². The molecule has 0 saturated heterocycles. The fraction of sp³-hybridized carbons (Fsp3) is 0.827. The number of aliphatic hydroxyl groups excluding tert-OH is 3. The van der Waals surface area contributed by atoms with Crippen molar-refractivity contribution in [1.82, 2.24) is 5.32 Å². The highest BCUT2D eigenvalue weighted by molar-refractivity contribution is 5.80. The Morgan fingerprint density at radius 3 is 1.18 bits per heavy atom. The van der Waals surface area contributed by atoms with Crippen LogP contribution >= 0.6 is 0 Å². The Hall–Kier alpha value is -1.69. The van der Waals surface area contributed by atoms with Gasteiger partial charge < -0.3 is 20.6 Å². The number of amides is 1. The Morgan fingerprint density at radius 2 is 0.772 bits per heavy atom. The molecule has 0 aliphatic carbocycles. The van der Waals surface area contributed by atoms with E-state index in [1.807, 2.05) is 6.08 Å². The van der Waals surface area contributed by atoms with Gasteiger partial charge in [-0.2, -0.15) is 0 Å². The summed E-state index contributed by atoms with van der Waals surface area (Å²) in [6, 6.07) is -0.814. The van der Waals surface area contributed by atoms with Crippen LogP contribution in [0.3, 0.4) is 0 Å². The van der Waals surface area contributed by atoms with Gasteiger partial charge >= 0.3 is 0 Å². The number of unbranched alkanes of at least 4 members (excludes halogenated alkanes) is 31. The molecule has 0 fully saturated rings. The zero-order valence-corrected chi connectivity index (χ0v) is 38.0. The second kappa shape index (κ2) is 47.0. The van der Waals surface area contributed by atoms with E-state index in [0.717, 1.165) is 44.9 Å². The van der Waals surface area contributed by atoms with E-state index in [0.29, 0.717) is 6.42 Å². The molecule has 0 saturated carbocycles. The molecule has 334 valence electrons. The number of hydrogen-bond acceptors (Lipinski definition) is 4. The van der Waals surface area contributed by atoms with Crippen LogP contribution in [0.2, 0.25) is 0 Å². The lowest BCUT2D eigenvalue weighted by atomic mass is 10.0. The normalized spacial score (nSPS) is 13.8. The van der Waals surface area contributed by atoms with E-state index >= 15 is 0 Å². The van der Waals surface area contributed by atoms with Crippen LogP contribution in [0.15, 0.2) is 48.6 Å². The minimum Gasteiger partial charge on any atom is -0.394 e. The minimum atomic E-state index is -1.11. The first-order chi connectivity index (χ1) is 28.1. The summed E-state index contributed by atoms with van der Waals surface area (Å²) in [6.45, 7) is 4.16. The summed E-state index contributed by atoms with van der Waals surface area (Å²) in [5.41, 5.74) is 0. The standard InChI is InChI=1S/C52H97NO4/c1-3-5-7-9-11-13-15-17-18-19-20-21-22-23-24-25-26-27-28-29-30-31-32-33-35-37-39-41-43-45-47-51(56)52(57)53-49(48-54)50(55)46-44-42-40-38-36-34-16-14-12-10-8-6-4-2/h20-21,23-24,36,38,44,46,49-51,54-56H,3-19,22,25-35,37,39-43,45,47-48H2,1-2H3,(H,53,57)/b21-20-,24-23-,38-36+,46-44+. The first kappa shape index (κ1) is 55.3. The van der Waals surface area contributed by atoms with Gasteiger partial charge in [0.2, 0.25) is 5.91 Å². The number of rotatable bonds is 45. The molecule has 57 heavy (non-hydrogen) atoms. The molecule has 0 aromatic carbocycles. The lowest BCUT2D eigenvalue weighted by Crippen LogP contribution is -2.48. The van der Waals surface area contributed by atoms with E-state index in [-0.39, 0.29) is 6.61 Å². The summed E-state index contributed by atoms with van der Waals surface area (Å²) in [5, 5.41) is 33.1. The van der Waals surface area contributed by atoms with E-state index < -0.39 is 24.2 Å². The van der Waals surface area contributed by atoms with Crippen molar-refractivity contribution in [2.75, 3.05) is 6.61 Å². The van der Waals surface area contributed by atoms with Crippen molar-refractivity contribution >= 4 is 5.91 Å². The molecular weight excluding hydrogens is 703 g/mol. The van der Waals surface area contributed by atoms with Crippen LogP contribution < -0.4 is 5.32 Å². The smallest absolute Gasteiger partial charge is 0.249 e. The maximum Gasteiger partial charge on any atom is 0.249 e. The van der Waals surface area contributed by atoms with Crippen molar-refractivity contribution < 1.29 is 20.1 Å². The fourth-order valence-electron chi connectivity index (χ4n) is 7.47. The molecule has 0 bridgehead atoms. The summed E-state index contributed by atoms with van der Waals surface area (Å²) in [4.78, 5) is 12.5. The molecule has 3 unspecified atom stereocenters. The second-order valence-electron chi connectivity index (χ2n) is 17.0. The molecule has 5 nitrogen and oxygen atoms in total. The van der Waals surface area contributed by atoms with Gasteiger partial charge in [-0.25, -0.2) is 0 Å². The Bertz CT molecular complexity index is 927. The predicted molar refractivity (Wildman–Crippen MR) is 250 cm³/mol. The van der Waals surface area contributed by atoms with Crippen LogP contribution in [0.4, 0.5) is 0 Å². The third kappa shape index (κ3) is 42.2. The van der Waals surface area contributed by atoms with Crippen LogP contribution in [0, 0.1) is 0 Å². The molecule has 0 aromatic rings. The average Bonchev–Trinajstić information content (AvgIpc) is 3.22. The maximum absolute atomic E-state index is 12.5. The Morgan fingerprint density at radius 1 is 0.439 bits per heavy atom. The minimum absolute atomic E-state index is 0.377. The monoisotopic (exact) mass is 800 g/mol. The van der Waals surface area contributed by atoms with Crippen LogP contribution in [0.1, 0.15) is 251 Å². The Labute approximate surface area is 355 Å². The molecule has 1 amide bonds. The summed E-state index contributed by atoms with van der Waals surface area (Å²) in [7, 11) is 0. The van der Waals surface area contributed by atoms with Gasteiger partial charge in [0.1, 0.15) is 6.10 Å². The van der Waals surface area contributed by atoms with E-state index in [4.69, 9.17) is 0 Å². The number of aliphatic hydroxyl groups is 3. The predicted octanol–water partition coefficient (Wildman–Crippen LogP) is 14.9. The maximum atomic E-state index is 12.5. The summed E-state index contributed by atoms with van der Waals surface area (Å²) in [6.07, 6.45) is 61.7. The number of nitrogens with one attached hydrogen (secondary N) is 1. The van der Waals surface area contributed by atoms with Gasteiger partial charge in [0, 0.05) is 0 Å². The van der Waals surface area contributed by atoms with E-state index in [1.54, 1.807) is 6.08 Å². The highest BCUT2D eigenvalue weighted by Crippen LogP contribution is 2.15. The molecule has 3 atom stereocenters. The van der Waals surface area contributed by atoms with E-state index in [9.17, 15) is 20.1 Å². The quantitative estimate of drug-likeness (QED) is 0.0365. The summed E-state index contributed by atoms with van der Waals surface area (Å²) in [5.74, 6) is -0.514. The molecule has 0 aliphatic rings. The van der Waals surface area contributed by atoms with Crippen molar-refractivity contribution in [1.29, 1.82) is 0 Å². The summed E-state index contributed by atoms with van der Waals surface area (Å²) < 4.78 is 0. The SMILES string of the molecule is CCCCCCCCC/C=C/CC/C=C/C(O)C(CO)NC(=O)C(O)CCCCCCCCCCCCCCCC/C=C\C/C=C\CCCCCCCCCCC.